The number of furan rings is 1. The van der Waals surface area contributed by atoms with Gasteiger partial charge < -0.3 is 9.32 Å². The van der Waals surface area contributed by atoms with Crippen LogP contribution in [0.2, 0.25) is 0 Å². The smallest absolute Gasteiger partial charge is 0.268 e. The van der Waals surface area contributed by atoms with Crippen LogP contribution >= 0.6 is 0 Å². The van der Waals surface area contributed by atoms with Crippen LogP contribution in [0, 0.1) is 6.92 Å². The summed E-state index contributed by atoms with van der Waals surface area (Å²) in [5, 5.41) is 0. The summed E-state index contributed by atoms with van der Waals surface area (Å²) in [6, 6.07) is 2.26. The van der Waals surface area contributed by atoms with Gasteiger partial charge in [-0.1, -0.05) is 0 Å². The molecule has 0 spiro atoms. The predicted octanol–water partition coefficient (Wildman–Crippen LogP) is 0.327. The second-order valence-electron chi connectivity index (χ2n) is 5.24. The van der Waals surface area contributed by atoms with Crippen LogP contribution in [0.1, 0.15) is 28.8 Å². The third kappa shape index (κ3) is 3.15. The highest BCUT2D eigenvalue weighted by Crippen LogP contribution is 2.18. The summed E-state index contributed by atoms with van der Waals surface area (Å²) < 4.78 is 5.64. The fraction of sp³-hybridized carbons (Fsp3) is 0.615. The Morgan fingerprint density at radius 2 is 2.32 bits per heavy atom. The highest BCUT2D eigenvalue weighted by molar-refractivity contribution is 5.94. The molecule has 6 nitrogen and oxygen atoms in total. The van der Waals surface area contributed by atoms with Crippen molar-refractivity contribution in [2.45, 2.75) is 26.4 Å². The average molecular weight is 266 g/mol. The van der Waals surface area contributed by atoms with Gasteiger partial charge in [0.25, 0.3) is 5.91 Å². The van der Waals surface area contributed by atoms with Crippen LogP contribution in [0.3, 0.4) is 0 Å². The van der Waals surface area contributed by atoms with Crippen LogP contribution in [-0.4, -0.2) is 48.4 Å². The summed E-state index contributed by atoms with van der Waals surface area (Å²) in [6.45, 7) is 7.83. The normalized spacial score (nSPS) is 21.6. The third-order valence-electron chi connectivity index (χ3n) is 3.67. The number of hydrazine groups is 1. The van der Waals surface area contributed by atoms with Crippen LogP contribution in [0.5, 0.6) is 0 Å². The van der Waals surface area contributed by atoms with E-state index in [9.17, 15) is 4.79 Å². The quantitative estimate of drug-likeness (QED) is 0.468. The average Bonchev–Trinajstić information content (AvgIpc) is 2.73. The Morgan fingerprint density at radius 3 is 2.95 bits per heavy atom. The zero-order chi connectivity index (χ0) is 14.0. The lowest BCUT2D eigenvalue weighted by molar-refractivity contribution is 0.0872. The predicted molar refractivity (Wildman–Crippen MR) is 72.5 cm³/mol. The van der Waals surface area contributed by atoms with Crippen molar-refractivity contribution in [3.63, 3.8) is 0 Å². The largest absolute Gasteiger partial charge is 0.464 e. The van der Waals surface area contributed by atoms with Gasteiger partial charge in [-0.25, -0.2) is 5.84 Å². The Bertz CT molecular complexity index is 457. The summed E-state index contributed by atoms with van der Waals surface area (Å²) in [4.78, 5) is 16.2. The van der Waals surface area contributed by atoms with Crippen LogP contribution in [0.4, 0.5) is 0 Å². The number of carbonyl (C=O) groups is 1. The van der Waals surface area contributed by atoms with E-state index in [1.807, 2.05) is 0 Å². The third-order valence-corrected chi connectivity index (χ3v) is 3.67. The highest BCUT2D eigenvalue weighted by atomic mass is 16.3. The molecule has 1 atom stereocenters. The number of carbonyl (C=O) groups excluding carboxylic acids is 1. The molecule has 1 aromatic rings. The van der Waals surface area contributed by atoms with Crippen molar-refractivity contribution in [3.8, 4) is 0 Å². The van der Waals surface area contributed by atoms with Gasteiger partial charge in [-0.15, -0.1) is 0 Å². The molecule has 1 unspecified atom stereocenters. The molecule has 0 saturated carbocycles. The molecule has 1 amide bonds. The van der Waals surface area contributed by atoms with E-state index in [2.05, 4.69) is 29.2 Å². The number of nitrogens with one attached hydrogen (secondary N) is 1. The minimum absolute atomic E-state index is 0.307. The Balaban J connectivity index is 2.05. The van der Waals surface area contributed by atoms with E-state index in [-0.39, 0.29) is 5.91 Å². The molecule has 19 heavy (non-hydrogen) atoms. The van der Waals surface area contributed by atoms with Crippen molar-refractivity contribution < 1.29 is 9.21 Å². The molecule has 1 fully saturated rings. The molecule has 0 aliphatic carbocycles. The fourth-order valence-electron chi connectivity index (χ4n) is 2.54. The van der Waals surface area contributed by atoms with Gasteiger partial charge in [0.15, 0.2) is 0 Å². The summed E-state index contributed by atoms with van der Waals surface area (Å²) in [5.41, 5.74) is 2.65. The van der Waals surface area contributed by atoms with Gasteiger partial charge in [0, 0.05) is 25.7 Å². The lowest BCUT2D eigenvalue weighted by Gasteiger charge is -2.37. The second kappa shape index (κ2) is 5.73. The number of likely N-dealkylation sites (N-methyl/N-ethyl adjacent to an activating group) is 1. The first-order chi connectivity index (χ1) is 9.01. The number of nitrogens with two attached hydrogens (primary N) is 1. The van der Waals surface area contributed by atoms with E-state index in [0.717, 1.165) is 31.9 Å². The van der Waals surface area contributed by atoms with E-state index < -0.39 is 0 Å². The summed E-state index contributed by atoms with van der Waals surface area (Å²) >= 11 is 0. The maximum Gasteiger partial charge on any atom is 0.268 e. The van der Waals surface area contributed by atoms with E-state index in [1.165, 1.54) is 0 Å². The molecule has 0 aromatic carbocycles. The minimum Gasteiger partial charge on any atom is -0.464 e. The van der Waals surface area contributed by atoms with Gasteiger partial charge in [0.1, 0.15) is 11.5 Å². The SMILES string of the molecule is Cc1oc(CN2CCN(C)CC2C)cc1C(=O)NN. The van der Waals surface area contributed by atoms with Crippen LogP contribution in [-0.2, 0) is 6.54 Å². The van der Waals surface area contributed by atoms with Gasteiger partial charge in [0.05, 0.1) is 12.1 Å². The van der Waals surface area contributed by atoms with Gasteiger partial charge in [-0.2, -0.15) is 0 Å². The Labute approximate surface area is 113 Å². The molecule has 6 heteroatoms. The van der Waals surface area contributed by atoms with Crippen molar-refractivity contribution in [1.29, 1.82) is 0 Å². The summed E-state index contributed by atoms with van der Waals surface area (Å²) in [6.07, 6.45) is 0. The summed E-state index contributed by atoms with van der Waals surface area (Å²) in [7, 11) is 2.13. The van der Waals surface area contributed by atoms with Crippen molar-refractivity contribution in [2.75, 3.05) is 26.7 Å². The topological polar surface area (TPSA) is 74.7 Å². The monoisotopic (exact) mass is 266 g/mol. The number of hydrogen-bond acceptors (Lipinski definition) is 5. The van der Waals surface area contributed by atoms with Gasteiger partial charge in [-0.05, 0) is 27.0 Å². The van der Waals surface area contributed by atoms with E-state index in [0.29, 0.717) is 17.4 Å². The molecule has 2 heterocycles. The molecule has 2 rings (SSSR count). The number of hydrogen-bond donors (Lipinski definition) is 2. The standard InChI is InChI=1S/C13H22N4O2/c1-9-7-16(3)4-5-17(9)8-11-6-12(10(2)19-11)13(18)15-14/h6,9H,4-5,7-8,14H2,1-3H3,(H,15,18). The van der Waals surface area contributed by atoms with Gasteiger partial charge >= 0.3 is 0 Å². The molecule has 0 bridgehead atoms. The number of amides is 1. The van der Waals surface area contributed by atoms with Gasteiger partial charge in [-0.3, -0.25) is 15.1 Å². The van der Waals surface area contributed by atoms with E-state index in [4.69, 9.17) is 10.3 Å². The lowest BCUT2D eigenvalue weighted by Crippen LogP contribution is -2.49. The highest BCUT2D eigenvalue weighted by Gasteiger charge is 2.23. The lowest BCUT2D eigenvalue weighted by atomic mass is 10.2. The molecular formula is C13H22N4O2. The number of rotatable bonds is 3. The first kappa shape index (κ1) is 14.0. The molecule has 1 aliphatic rings. The minimum atomic E-state index is -0.307. The Hall–Kier alpha value is -1.37. The van der Waals surface area contributed by atoms with Crippen molar-refractivity contribution in [3.05, 3.63) is 23.2 Å². The molecule has 1 saturated heterocycles. The first-order valence-electron chi connectivity index (χ1n) is 6.54. The zero-order valence-electron chi connectivity index (χ0n) is 11.8. The second-order valence-corrected chi connectivity index (χ2v) is 5.24. The fourth-order valence-corrected chi connectivity index (χ4v) is 2.54. The number of piperazine rings is 1. The van der Waals surface area contributed by atoms with Crippen LogP contribution < -0.4 is 11.3 Å². The Morgan fingerprint density at radius 1 is 1.58 bits per heavy atom. The molecule has 3 N–H and O–H groups in total. The number of nitrogens with zero attached hydrogens (tertiary/aromatic N) is 2. The Kier molecular flexibility index (Phi) is 4.24. The number of aryl methyl sites for hydroxylation is 1. The molecular weight excluding hydrogens is 244 g/mol. The van der Waals surface area contributed by atoms with Crippen LogP contribution in [0.25, 0.3) is 0 Å². The molecule has 0 radical (unpaired) electrons. The maximum atomic E-state index is 11.5. The molecule has 1 aliphatic heterocycles. The molecule has 106 valence electrons. The van der Waals surface area contributed by atoms with Crippen LogP contribution in [0.15, 0.2) is 10.5 Å². The van der Waals surface area contributed by atoms with E-state index >= 15 is 0 Å². The summed E-state index contributed by atoms with van der Waals surface area (Å²) in [5.74, 6) is 6.26. The molecule has 1 aromatic heterocycles. The maximum absolute atomic E-state index is 11.5. The van der Waals surface area contributed by atoms with Gasteiger partial charge in [0.2, 0.25) is 0 Å². The van der Waals surface area contributed by atoms with Crippen molar-refractivity contribution in [2.24, 2.45) is 5.84 Å². The number of nitrogen functional groups attached to an aromatic ring is 1. The first-order valence-corrected chi connectivity index (χ1v) is 6.54. The zero-order valence-corrected chi connectivity index (χ0v) is 11.8. The van der Waals surface area contributed by atoms with E-state index in [1.54, 1.807) is 13.0 Å². The van der Waals surface area contributed by atoms with Crippen molar-refractivity contribution in [1.82, 2.24) is 15.2 Å². The van der Waals surface area contributed by atoms with Crippen molar-refractivity contribution >= 4 is 5.91 Å².